The zero-order valence-electron chi connectivity index (χ0n) is 13.1. The highest BCUT2D eigenvalue weighted by Gasteiger charge is 2.28. The average Bonchev–Trinajstić information content (AvgIpc) is 2.82. The molecule has 1 saturated heterocycles. The van der Waals surface area contributed by atoms with Crippen LogP contribution in [0, 0.1) is 13.8 Å². The molecule has 0 aliphatic carbocycles. The van der Waals surface area contributed by atoms with Gasteiger partial charge in [-0.05, 0) is 31.4 Å². The minimum absolute atomic E-state index is 0.121. The number of sulfone groups is 1. The van der Waals surface area contributed by atoms with Crippen molar-refractivity contribution in [2.24, 2.45) is 0 Å². The maximum absolute atomic E-state index is 11.5. The normalized spacial score (nSPS) is 19.5. The number of aromatic nitrogens is 3. The van der Waals surface area contributed by atoms with Crippen LogP contribution in [-0.2, 0) is 9.84 Å². The predicted octanol–water partition coefficient (Wildman–Crippen LogP) is 1.83. The van der Waals surface area contributed by atoms with E-state index in [-0.39, 0.29) is 17.5 Å². The molecule has 2 N–H and O–H groups in total. The molecule has 7 nitrogen and oxygen atoms in total. The minimum Gasteiger partial charge on any atom is -0.365 e. The van der Waals surface area contributed by atoms with Gasteiger partial charge in [0.05, 0.1) is 17.7 Å². The fourth-order valence-corrected chi connectivity index (χ4v) is 4.34. The first-order valence-corrected chi connectivity index (χ1v) is 9.25. The van der Waals surface area contributed by atoms with Crippen LogP contribution >= 0.6 is 0 Å². The van der Waals surface area contributed by atoms with Crippen LogP contribution in [0.1, 0.15) is 17.5 Å². The summed E-state index contributed by atoms with van der Waals surface area (Å²) in [5, 5.41) is 14.2. The first kappa shape index (κ1) is 15.7. The van der Waals surface area contributed by atoms with Gasteiger partial charge >= 0.3 is 0 Å². The minimum atomic E-state index is -2.93. The summed E-state index contributed by atoms with van der Waals surface area (Å²) in [6, 6.07) is 5.89. The summed E-state index contributed by atoms with van der Waals surface area (Å²) in [6.07, 6.45) is 2.09. The van der Waals surface area contributed by atoms with Crippen LogP contribution in [0.3, 0.4) is 0 Å². The van der Waals surface area contributed by atoms with Gasteiger partial charge < -0.3 is 10.6 Å². The van der Waals surface area contributed by atoms with Crippen LogP contribution in [0.2, 0.25) is 0 Å². The van der Waals surface area contributed by atoms with Crippen LogP contribution < -0.4 is 10.6 Å². The van der Waals surface area contributed by atoms with Gasteiger partial charge in [-0.1, -0.05) is 18.2 Å². The lowest BCUT2D eigenvalue weighted by atomic mass is 10.1. The molecule has 2 heterocycles. The summed E-state index contributed by atoms with van der Waals surface area (Å²) >= 11 is 0. The molecule has 0 saturated carbocycles. The molecule has 1 aliphatic heterocycles. The van der Waals surface area contributed by atoms with Gasteiger partial charge in [0, 0.05) is 11.7 Å². The van der Waals surface area contributed by atoms with Gasteiger partial charge in [0.2, 0.25) is 5.95 Å². The summed E-state index contributed by atoms with van der Waals surface area (Å²) in [6.45, 7) is 4.02. The number of nitrogens with zero attached hydrogens (tertiary/aromatic N) is 3. The Hall–Kier alpha value is -2.22. The second-order valence-electron chi connectivity index (χ2n) is 5.80. The van der Waals surface area contributed by atoms with Crippen LogP contribution in [-0.4, -0.2) is 41.1 Å². The SMILES string of the molecule is Cc1cccc(C)c1Nc1nncc(NC2CCS(=O)(=O)C2)n1. The summed E-state index contributed by atoms with van der Waals surface area (Å²) in [4.78, 5) is 4.37. The Balaban J connectivity index is 1.75. The van der Waals surface area contributed by atoms with Gasteiger partial charge in [-0.25, -0.2) is 8.42 Å². The van der Waals surface area contributed by atoms with Gasteiger partial charge in [0.25, 0.3) is 0 Å². The molecule has 1 atom stereocenters. The van der Waals surface area contributed by atoms with Gasteiger partial charge in [0.1, 0.15) is 0 Å². The number of nitrogens with one attached hydrogen (secondary N) is 2. The van der Waals surface area contributed by atoms with E-state index in [1.807, 2.05) is 32.0 Å². The topological polar surface area (TPSA) is 96.9 Å². The largest absolute Gasteiger partial charge is 0.365 e. The first-order chi connectivity index (χ1) is 10.9. The van der Waals surface area contributed by atoms with E-state index in [0.717, 1.165) is 16.8 Å². The van der Waals surface area contributed by atoms with E-state index in [2.05, 4.69) is 25.8 Å². The fourth-order valence-electron chi connectivity index (χ4n) is 2.67. The lowest BCUT2D eigenvalue weighted by Crippen LogP contribution is -2.21. The Labute approximate surface area is 135 Å². The predicted molar refractivity (Wildman–Crippen MR) is 89.7 cm³/mol. The van der Waals surface area contributed by atoms with Gasteiger partial charge in [-0.3, -0.25) is 0 Å². The molecule has 1 unspecified atom stereocenters. The third-order valence-corrected chi connectivity index (χ3v) is 5.63. The Morgan fingerprint density at radius 2 is 1.96 bits per heavy atom. The third kappa shape index (κ3) is 3.76. The molecular formula is C15H19N5O2S. The Morgan fingerprint density at radius 1 is 1.22 bits per heavy atom. The number of hydrogen-bond donors (Lipinski definition) is 2. The number of aryl methyl sites for hydroxylation is 2. The molecule has 0 spiro atoms. The molecule has 1 fully saturated rings. The van der Waals surface area contributed by atoms with E-state index in [1.54, 1.807) is 0 Å². The van der Waals surface area contributed by atoms with E-state index >= 15 is 0 Å². The number of benzene rings is 1. The summed E-state index contributed by atoms with van der Waals surface area (Å²) < 4.78 is 23.0. The molecule has 122 valence electrons. The van der Waals surface area contributed by atoms with Crippen LogP contribution in [0.15, 0.2) is 24.4 Å². The molecule has 0 bridgehead atoms. The van der Waals surface area contributed by atoms with Gasteiger partial charge in [0.15, 0.2) is 15.7 Å². The van der Waals surface area contributed by atoms with Crippen LogP contribution in [0.5, 0.6) is 0 Å². The molecule has 2 aromatic rings. The Kier molecular flexibility index (Phi) is 4.16. The van der Waals surface area contributed by atoms with Crippen molar-refractivity contribution in [1.29, 1.82) is 0 Å². The summed E-state index contributed by atoms with van der Waals surface area (Å²) in [7, 11) is -2.93. The molecule has 8 heteroatoms. The average molecular weight is 333 g/mol. The maximum Gasteiger partial charge on any atom is 0.249 e. The smallest absolute Gasteiger partial charge is 0.249 e. The highest BCUT2D eigenvalue weighted by molar-refractivity contribution is 7.91. The Morgan fingerprint density at radius 3 is 2.61 bits per heavy atom. The van der Waals surface area contributed by atoms with E-state index in [9.17, 15) is 8.42 Å². The highest BCUT2D eigenvalue weighted by atomic mass is 32.2. The van der Waals surface area contributed by atoms with E-state index in [0.29, 0.717) is 18.2 Å². The van der Waals surface area contributed by atoms with Crippen molar-refractivity contribution < 1.29 is 8.42 Å². The standard InChI is InChI=1S/C15H19N5O2S/c1-10-4-3-5-11(2)14(10)19-15-18-13(8-16-20-15)17-12-6-7-23(21,22)9-12/h3-5,8,12H,6-7,9H2,1-2H3,(H2,17,18,19,20). The van der Waals surface area contributed by atoms with Crippen molar-refractivity contribution in [3.05, 3.63) is 35.5 Å². The first-order valence-electron chi connectivity index (χ1n) is 7.43. The quantitative estimate of drug-likeness (QED) is 0.881. The molecular weight excluding hydrogens is 314 g/mol. The van der Waals surface area contributed by atoms with Crippen LogP contribution in [0.25, 0.3) is 0 Å². The molecule has 3 rings (SSSR count). The molecule has 1 aromatic carbocycles. The summed E-state index contributed by atoms with van der Waals surface area (Å²) in [5.41, 5.74) is 3.14. The number of anilines is 3. The van der Waals surface area contributed by atoms with Crippen molar-refractivity contribution in [2.75, 3.05) is 22.1 Å². The molecule has 1 aliphatic rings. The van der Waals surface area contributed by atoms with E-state index in [4.69, 9.17) is 0 Å². The lowest BCUT2D eigenvalue weighted by Gasteiger charge is -2.13. The monoisotopic (exact) mass is 333 g/mol. The molecule has 0 radical (unpaired) electrons. The van der Waals surface area contributed by atoms with E-state index in [1.165, 1.54) is 6.20 Å². The van der Waals surface area contributed by atoms with Crippen molar-refractivity contribution >= 4 is 27.3 Å². The van der Waals surface area contributed by atoms with Crippen molar-refractivity contribution in [3.8, 4) is 0 Å². The zero-order valence-corrected chi connectivity index (χ0v) is 13.9. The maximum atomic E-state index is 11.5. The van der Waals surface area contributed by atoms with Gasteiger partial charge in [-0.2, -0.15) is 10.1 Å². The van der Waals surface area contributed by atoms with Crippen molar-refractivity contribution in [1.82, 2.24) is 15.2 Å². The third-order valence-electron chi connectivity index (χ3n) is 3.86. The van der Waals surface area contributed by atoms with Crippen LogP contribution in [0.4, 0.5) is 17.5 Å². The molecule has 23 heavy (non-hydrogen) atoms. The van der Waals surface area contributed by atoms with E-state index < -0.39 is 9.84 Å². The summed E-state index contributed by atoms with van der Waals surface area (Å²) in [5.74, 6) is 1.26. The second-order valence-corrected chi connectivity index (χ2v) is 8.03. The zero-order chi connectivity index (χ0) is 16.4. The molecule has 0 amide bonds. The Bertz CT molecular complexity index is 802. The number of para-hydroxylation sites is 1. The molecule has 1 aromatic heterocycles. The van der Waals surface area contributed by atoms with Crippen molar-refractivity contribution in [2.45, 2.75) is 26.3 Å². The number of hydrogen-bond acceptors (Lipinski definition) is 7. The number of rotatable bonds is 4. The lowest BCUT2D eigenvalue weighted by molar-refractivity contribution is 0.602. The fraction of sp³-hybridized carbons (Fsp3) is 0.400. The van der Waals surface area contributed by atoms with Crippen molar-refractivity contribution in [3.63, 3.8) is 0 Å². The highest BCUT2D eigenvalue weighted by Crippen LogP contribution is 2.23. The van der Waals surface area contributed by atoms with Gasteiger partial charge in [-0.15, -0.1) is 5.10 Å². The second kappa shape index (κ2) is 6.11.